The first-order valence-corrected chi connectivity index (χ1v) is 14.6. The summed E-state index contributed by atoms with van der Waals surface area (Å²) in [5.74, 6) is -0.141. The largest absolute Gasteiger partial charge is 0.466 e. The van der Waals surface area contributed by atoms with Crippen molar-refractivity contribution in [2.45, 2.75) is 77.5 Å². The summed E-state index contributed by atoms with van der Waals surface area (Å²) in [5, 5.41) is 6.73. The number of amides is 2. The lowest BCUT2D eigenvalue weighted by molar-refractivity contribution is -0.153. The Morgan fingerprint density at radius 3 is 2.33 bits per heavy atom. The molecule has 1 aliphatic carbocycles. The first kappa shape index (κ1) is 31.2. The standard InChI is InChI=1S/C29H45ClN4O5/c1-5-38-27(36)23-8-6-7-9-25(23)33-16-18-34(19-17-33)26(35)24(20-21-10-12-22(30)13-11-21)31-14-15-32-28(37)39-29(2,3)4/h10-13,23-25,31H,5-9,14-20H2,1-4H3,(H,32,37)/t23-,24?,25-/m1/s1. The van der Waals surface area contributed by atoms with Crippen molar-refractivity contribution in [3.05, 3.63) is 34.9 Å². The first-order chi connectivity index (χ1) is 18.6. The van der Waals surface area contributed by atoms with E-state index in [4.69, 9.17) is 21.1 Å². The molecule has 2 amide bonds. The van der Waals surface area contributed by atoms with E-state index >= 15 is 0 Å². The summed E-state index contributed by atoms with van der Waals surface area (Å²) in [6.45, 7) is 11.2. The topological polar surface area (TPSA) is 100 Å². The Bertz CT molecular complexity index is 944. The van der Waals surface area contributed by atoms with Gasteiger partial charge in [0.2, 0.25) is 5.91 Å². The number of halogens is 1. The van der Waals surface area contributed by atoms with Crippen LogP contribution >= 0.6 is 11.6 Å². The fraction of sp³-hybridized carbons (Fsp3) is 0.690. The normalized spacial score (nSPS) is 21.2. The Hall–Kier alpha value is -2.36. The van der Waals surface area contributed by atoms with E-state index in [-0.39, 0.29) is 23.8 Å². The van der Waals surface area contributed by atoms with Gasteiger partial charge >= 0.3 is 12.1 Å². The van der Waals surface area contributed by atoms with Crippen molar-refractivity contribution in [3.63, 3.8) is 0 Å². The third kappa shape index (κ3) is 9.96. The van der Waals surface area contributed by atoms with Gasteiger partial charge in [-0.1, -0.05) is 36.6 Å². The highest BCUT2D eigenvalue weighted by molar-refractivity contribution is 6.30. The van der Waals surface area contributed by atoms with E-state index in [1.807, 2.05) is 56.9 Å². The first-order valence-electron chi connectivity index (χ1n) is 14.2. The number of alkyl carbamates (subject to hydrolysis) is 1. The monoisotopic (exact) mass is 564 g/mol. The second kappa shape index (κ2) is 14.9. The van der Waals surface area contributed by atoms with Crippen molar-refractivity contribution >= 4 is 29.6 Å². The zero-order chi connectivity index (χ0) is 28.4. The van der Waals surface area contributed by atoms with E-state index < -0.39 is 17.7 Å². The summed E-state index contributed by atoms with van der Waals surface area (Å²) in [6, 6.07) is 7.24. The molecule has 1 unspecified atom stereocenters. The molecule has 3 atom stereocenters. The highest BCUT2D eigenvalue weighted by atomic mass is 35.5. The van der Waals surface area contributed by atoms with E-state index in [1.54, 1.807) is 0 Å². The average Bonchev–Trinajstić information content (AvgIpc) is 2.90. The molecule has 1 saturated heterocycles. The number of nitrogens with zero attached hydrogens (tertiary/aromatic N) is 2. The summed E-state index contributed by atoms with van der Waals surface area (Å²) in [7, 11) is 0. The van der Waals surface area contributed by atoms with Crippen LogP contribution in [0, 0.1) is 5.92 Å². The number of nitrogens with one attached hydrogen (secondary N) is 2. The van der Waals surface area contributed by atoms with Crippen molar-refractivity contribution < 1.29 is 23.9 Å². The number of carbonyl (C=O) groups excluding carboxylic acids is 3. The van der Waals surface area contributed by atoms with Crippen LogP contribution in [0.5, 0.6) is 0 Å². The molecule has 2 aliphatic rings. The molecule has 1 heterocycles. The van der Waals surface area contributed by atoms with Crippen molar-refractivity contribution in [1.82, 2.24) is 20.4 Å². The van der Waals surface area contributed by atoms with E-state index in [0.29, 0.717) is 44.2 Å². The fourth-order valence-electron chi connectivity index (χ4n) is 5.40. The number of piperazine rings is 1. The predicted octanol–water partition coefficient (Wildman–Crippen LogP) is 3.63. The molecule has 2 fully saturated rings. The Morgan fingerprint density at radius 1 is 1.03 bits per heavy atom. The minimum Gasteiger partial charge on any atom is -0.466 e. The van der Waals surface area contributed by atoms with E-state index in [1.165, 1.54) is 0 Å². The van der Waals surface area contributed by atoms with Crippen LogP contribution < -0.4 is 10.6 Å². The molecule has 1 aliphatic heterocycles. The fourth-order valence-corrected chi connectivity index (χ4v) is 5.52. The predicted molar refractivity (Wildman–Crippen MR) is 152 cm³/mol. The van der Waals surface area contributed by atoms with Crippen LogP contribution in [0.2, 0.25) is 5.02 Å². The van der Waals surface area contributed by atoms with Gasteiger partial charge in [-0.3, -0.25) is 14.5 Å². The average molecular weight is 565 g/mol. The number of esters is 1. The molecule has 0 bridgehead atoms. The van der Waals surface area contributed by atoms with Crippen LogP contribution in [-0.2, 0) is 25.5 Å². The lowest BCUT2D eigenvalue weighted by atomic mass is 9.83. The van der Waals surface area contributed by atoms with E-state index in [9.17, 15) is 14.4 Å². The minimum atomic E-state index is -0.569. The van der Waals surface area contributed by atoms with Gasteiger partial charge in [0, 0.05) is 50.3 Å². The van der Waals surface area contributed by atoms with Gasteiger partial charge in [-0.05, 0) is 64.7 Å². The SMILES string of the molecule is CCOC(=O)[C@@H]1CCCC[C@H]1N1CCN(C(=O)C(Cc2ccc(Cl)cc2)NCCNC(=O)OC(C)(C)C)CC1. The maximum absolute atomic E-state index is 13.7. The lowest BCUT2D eigenvalue weighted by Crippen LogP contribution is -2.58. The van der Waals surface area contributed by atoms with Crippen LogP contribution in [0.3, 0.4) is 0 Å². The molecular formula is C29H45ClN4O5. The van der Waals surface area contributed by atoms with Gasteiger partial charge in [-0.2, -0.15) is 0 Å². The number of carbonyl (C=O) groups is 3. The van der Waals surface area contributed by atoms with Crippen LogP contribution in [0.15, 0.2) is 24.3 Å². The Kier molecular flexibility index (Phi) is 11.9. The molecule has 1 aromatic carbocycles. The van der Waals surface area contributed by atoms with Crippen molar-refractivity contribution in [3.8, 4) is 0 Å². The maximum Gasteiger partial charge on any atom is 0.407 e. The summed E-state index contributed by atoms with van der Waals surface area (Å²) < 4.78 is 10.7. The molecule has 39 heavy (non-hydrogen) atoms. The molecule has 9 nitrogen and oxygen atoms in total. The molecule has 0 radical (unpaired) electrons. The second-order valence-corrected chi connectivity index (χ2v) is 11.8. The summed E-state index contributed by atoms with van der Waals surface area (Å²) in [5.41, 5.74) is 0.434. The van der Waals surface area contributed by atoms with Crippen LogP contribution in [-0.4, -0.2) is 91.3 Å². The molecule has 0 aromatic heterocycles. The summed E-state index contributed by atoms with van der Waals surface area (Å²) >= 11 is 6.06. The van der Waals surface area contributed by atoms with Crippen LogP contribution in [0.4, 0.5) is 4.79 Å². The van der Waals surface area contributed by atoms with Crippen molar-refractivity contribution in [1.29, 1.82) is 0 Å². The second-order valence-electron chi connectivity index (χ2n) is 11.3. The number of rotatable bonds is 10. The summed E-state index contributed by atoms with van der Waals surface area (Å²) in [6.07, 6.45) is 4.06. The highest BCUT2D eigenvalue weighted by Gasteiger charge is 2.38. The number of ether oxygens (including phenoxy) is 2. The molecule has 218 valence electrons. The third-order valence-corrected chi connectivity index (χ3v) is 7.50. The smallest absolute Gasteiger partial charge is 0.407 e. The maximum atomic E-state index is 13.7. The number of benzene rings is 1. The van der Waals surface area contributed by atoms with Crippen molar-refractivity contribution in [2.75, 3.05) is 45.9 Å². The Labute approximate surface area is 237 Å². The third-order valence-electron chi connectivity index (χ3n) is 7.25. The molecule has 10 heteroatoms. The Balaban J connectivity index is 1.58. The van der Waals surface area contributed by atoms with Crippen LogP contribution in [0.25, 0.3) is 0 Å². The number of hydrogen-bond acceptors (Lipinski definition) is 7. The minimum absolute atomic E-state index is 0.0347. The van der Waals surface area contributed by atoms with Gasteiger partial charge in [0.1, 0.15) is 5.60 Å². The van der Waals surface area contributed by atoms with Gasteiger partial charge in [-0.25, -0.2) is 4.79 Å². The van der Waals surface area contributed by atoms with Crippen molar-refractivity contribution in [2.24, 2.45) is 5.92 Å². The Morgan fingerprint density at radius 2 is 1.69 bits per heavy atom. The van der Waals surface area contributed by atoms with E-state index in [0.717, 1.165) is 44.3 Å². The van der Waals surface area contributed by atoms with Gasteiger partial charge in [0.05, 0.1) is 18.6 Å². The zero-order valence-corrected chi connectivity index (χ0v) is 24.6. The molecule has 3 rings (SSSR count). The zero-order valence-electron chi connectivity index (χ0n) is 23.8. The molecule has 2 N–H and O–H groups in total. The van der Waals surface area contributed by atoms with Crippen LogP contribution in [0.1, 0.15) is 58.9 Å². The highest BCUT2D eigenvalue weighted by Crippen LogP contribution is 2.30. The molecule has 0 spiro atoms. The number of hydrogen-bond donors (Lipinski definition) is 2. The lowest BCUT2D eigenvalue weighted by Gasteiger charge is -2.44. The van der Waals surface area contributed by atoms with Gasteiger partial charge < -0.3 is 25.0 Å². The van der Waals surface area contributed by atoms with E-state index in [2.05, 4.69) is 15.5 Å². The molecule has 1 saturated carbocycles. The van der Waals surface area contributed by atoms with Gasteiger partial charge in [0.25, 0.3) is 0 Å². The van der Waals surface area contributed by atoms with Gasteiger partial charge in [0.15, 0.2) is 0 Å². The molecule has 1 aromatic rings. The molecular weight excluding hydrogens is 520 g/mol. The quantitative estimate of drug-likeness (QED) is 0.330. The van der Waals surface area contributed by atoms with Gasteiger partial charge in [-0.15, -0.1) is 0 Å². The summed E-state index contributed by atoms with van der Waals surface area (Å²) in [4.78, 5) is 42.5.